The van der Waals surface area contributed by atoms with Crippen LogP contribution >= 0.6 is 31.9 Å². The maximum Gasteiger partial charge on any atom is 0.307 e. The quantitative estimate of drug-likeness (QED) is 0.404. The Hall–Kier alpha value is -2.32. The number of hydrazone groups is 1. The van der Waals surface area contributed by atoms with Crippen molar-refractivity contribution in [2.45, 2.75) is 6.92 Å². The molecule has 0 aliphatic heterocycles. The molecule has 2 aromatic carbocycles. The predicted octanol–water partition coefficient (Wildman–Crippen LogP) is 4.83. The summed E-state index contributed by atoms with van der Waals surface area (Å²) in [6.07, 6.45) is 1.33. The molecule has 0 saturated carbocycles. The molecule has 0 spiro atoms. The lowest BCUT2D eigenvalue weighted by atomic mass is 10.2. The van der Waals surface area contributed by atoms with Gasteiger partial charge in [0.1, 0.15) is 5.58 Å². The van der Waals surface area contributed by atoms with Gasteiger partial charge in [-0.1, -0.05) is 31.9 Å². The maximum absolute atomic E-state index is 12.2. The lowest BCUT2D eigenvalue weighted by molar-refractivity contribution is 0.0929. The van der Waals surface area contributed by atoms with Gasteiger partial charge in [0.05, 0.1) is 12.8 Å². The number of nitrogens with zero attached hydrogens (tertiary/aromatic N) is 1. The summed E-state index contributed by atoms with van der Waals surface area (Å²) in [5.41, 5.74) is 3.38. The van der Waals surface area contributed by atoms with Crippen molar-refractivity contribution >= 4 is 55.0 Å². The third-order valence-electron chi connectivity index (χ3n) is 3.44. The van der Waals surface area contributed by atoms with Crippen LogP contribution in [0.25, 0.3) is 11.0 Å². The van der Waals surface area contributed by atoms with E-state index in [9.17, 15) is 9.90 Å². The minimum absolute atomic E-state index is 0.0540. The van der Waals surface area contributed by atoms with Gasteiger partial charge in [-0.2, -0.15) is 5.10 Å². The van der Waals surface area contributed by atoms with Crippen molar-refractivity contribution in [1.29, 1.82) is 0 Å². The number of amides is 1. The fourth-order valence-electron chi connectivity index (χ4n) is 2.30. The second-order valence-corrected chi connectivity index (χ2v) is 7.10. The van der Waals surface area contributed by atoms with Gasteiger partial charge in [0.15, 0.2) is 17.3 Å². The minimum atomic E-state index is -0.493. The van der Waals surface area contributed by atoms with E-state index in [0.717, 1.165) is 14.3 Å². The zero-order chi connectivity index (χ0) is 18.7. The van der Waals surface area contributed by atoms with E-state index in [0.29, 0.717) is 23.5 Å². The molecule has 0 atom stereocenters. The Morgan fingerprint density at radius 3 is 2.85 bits per heavy atom. The number of benzene rings is 2. The summed E-state index contributed by atoms with van der Waals surface area (Å²) in [6, 6.07) is 10.4. The van der Waals surface area contributed by atoms with E-state index < -0.39 is 5.91 Å². The summed E-state index contributed by atoms with van der Waals surface area (Å²) in [6.45, 7) is 2.24. The molecular weight excluding hydrogens is 468 g/mol. The second-order valence-electron chi connectivity index (χ2n) is 5.27. The Kier molecular flexibility index (Phi) is 5.63. The maximum atomic E-state index is 12.2. The van der Waals surface area contributed by atoms with Crippen LogP contribution in [0.4, 0.5) is 0 Å². The Labute approximate surface area is 166 Å². The van der Waals surface area contributed by atoms with Crippen LogP contribution in [0.1, 0.15) is 23.0 Å². The van der Waals surface area contributed by atoms with Crippen molar-refractivity contribution in [3.63, 3.8) is 0 Å². The van der Waals surface area contributed by atoms with Crippen molar-refractivity contribution in [2.24, 2.45) is 5.10 Å². The highest BCUT2D eigenvalue weighted by atomic mass is 79.9. The number of phenolic OH excluding ortho intramolecular Hbond substituents is 1. The van der Waals surface area contributed by atoms with Crippen LogP contribution in [0.5, 0.6) is 11.5 Å². The smallest absolute Gasteiger partial charge is 0.307 e. The molecule has 3 rings (SSSR count). The van der Waals surface area contributed by atoms with E-state index in [1.165, 1.54) is 6.21 Å². The Morgan fingerprint density at radius 2 is 2.08 bits per heavy atom. The van der Waals surface area contributed by atoms with Crippen LogP contribution in [0.15, 0.2) is 54.9 Å². The van der Waals surface area contributed by atoms with Crippen molar-refractivity contribution in [2.75, 3.05) is 6.61 Å². The summed E-state index contributed by atoms with van der Waals surface area (Å²) in [5.74, 6) is -0.0732. The van der Waals surface area contributed by atoms with E-state index in [1.807, 2.05) is 19.1 Å². The molecule has 0 aliphatic carbocycles. The first kappa shape index (κ1) is 18.5. The van der Waals surface area contributed by atoms with Crippen LogP contribution in [0.2, 0.25) is 0 Å². The Bertz CT molecular complexity index is 998. The van der Waals surface area contributed by atoms with E-state index in [-0.39, 0.29) is 11.5 Å². The Morgan fingerprint density at radius 1 is 1.27 bits per heavy atom. The number of halogens is 2. The number of hydrogen-bond donors (Lipinski definition) is 2. The molecule has 26 heavy (non-hydrogen) atoms. The summed E-state index contributed by atoms with van der Waals surface area (Å²) in [4.78, 5) is 12.2. The van der Waals surface area contributed by atoms with Gasteiger partial charge in [-0.25, -0.2) is 5.43 Å². The molecule has 0 saturated heterocycles. The number of ether oxygens (including phenoxy) is 1. The van der Waals surface area contributed by atoms with Crippen molar-refractivity contribution in [1.82, 2.24) is 5.43 Å². The molecule has 1 heterocycles. The lowest BCUT2D eigenvalue weighted by Gasteiger charge is -2.08. The van der Waals surface area contributed by atoms with Gasteiger partial charge in [-0.3, -0.25) is 4.79 Å². The summed E-state index contributed by atoms with van der Waals surface area (Å²) in [7, 11) is 0. The number of carbonyl (C=O) groups excluding carboxylic acids is 1. The highest BCUT2D eigenvalue weighted by molar-refractivity contribution is 9.10. The second kappa shape index (κ2) is 7.92. The van der Waals surface area contributed by atoms with Crippen LogP contribution in [0.3, 0.4) is 0 Å². The molecule has 8 heteroatoms. The van der Waals surface area contributed by atoms with Gasteiger partial charge >= 0.3 is 5.91 Å². The number of aromatic hydroxyl groups is 1. The Balaban J connectivity index is 1.76. The number of hydrogen-bond acceptors (Lipinski definition) is 5. The van der Waals surface area contributed by atoms with Gasteiger partial charge in [0.25, 0.3) is 0 Å². The van der Waals surface area contributed by atoms with Gasteiger partial charge in [-0.15, -0.1) is 0 Å². The molecule has 0 unspecified atom stereocenters. The van der Waals surface area contributed by atoms with Crippen LogP contribution in [0, 0.1) is 0 Å². The molecular formula is C18H14Br2N2O4. The van der Waals surface area contributed by atoms with Crippen molar-refractivity contribution in [3.8, 4) is 11.5 Å². The van der Waals surface area contributed by atoms with Crippen LogP contribution < -0.4 is 10.2 Å². The first-order chi connectivity index (χ1) is 12.5. The number of nitrogens with one attached hydrogen (secondary N) is 1. The highest BCUT2D eigenvalue weighted by Crippen LogP contribution is 2.32. The van der Waals surface area contributed by atoms with E-state index in [2.05, 4.69) is 42.4 Å². The first-order valence-electron chi connectivity index (χ1n) is 7.65. The monoisotopic (exact) mass is 480 g/mol. The lowest BCUT2D eigenvalue weighted by Crippen LogP contribution is -2.16. The number of phenols is 1. The summed E-state index contributed by atoms with van der Waals surface area (Å²) < 4.78 is 12.5. The molecule has 6 nitrogen and oxygen atoms in total. The zero-order valence-corrected chi connectivity index (χ0v) is 16.8. The van der Waals surface area contributed by atoms with Crippen LogP contribution in [-0.4, -0.2) is 23.8 Å². The number of fused-ring (bicyclic) bond motifs is 1. The number of furan rings is 1. The zero-order valence-electron chi connectivity index (χ0n) is 13.6. The summed E-state index contributed by atoms with van der Waals surface area (Å²) >= 11 is 6.71. The molecule has 1 aromatic heterocycles. The molecule has 2 N–H and O–H groups in total. The molecule has 0 aliphatic rings. The third-order valence-corrected chi connectivity index (χ3v) is 4.39. The average molecular weight is 482 g/mol. The normalized spacial score (nSPS) is 11.2. The van der Waals surface area contributed by atoms with Gasteiger partial charge < -0.3 is 14.3 Å². The standard InChI is InChI=1S/C18H14Br2N2O4/c1-2-25-15-8-13(20)6-11(17(15)23)9-21-22-18(24)16-7-10-5-12(19)3-4-14(10)26-16/h3-9,23H,2H2,1H3,(H,22,24)/b21-9+. The van der Waals surface area contributed by atoms with Crippen molar-refractivity contribution < 1.29 is 19.1 Å². The minimum Gasteiger partial charge on any atom is -0.504 e. The predicted molar refractivity (Wildman–Crippen MR) is 106 cm³/mol. The largest absolute Gasteiger partial charge is 0.504 e. The average Bonchev–Trinajstić information content (AvgIpc) is 3.02. The van der Waals surface area contributed by atoms with Gasteiger partial charge in [0, 0.05) is 19.9 Å². The number of carbonyl (C=O) groups is 1. The SMILES string of the molecule is CCOc1cc(Br)cc(/C=N/NC(=O)c2cc3cc(Br)ccc3o2)c1O. The molecule has 0 bridgehead atoms. The number of rotatable bonds is 5. The molecule has 134 valence electrons. The molecule has 1 amide bonds. The van der Waals surface area contributed by atoms with Crippen molar-refractivity contribution in [3.05, 3.63) is 56.7 Å². The molecule has 0 fully saturated rings. The van der Waals surface area contributed by atoms with Crippen LogP contribution in [-0.2, 0) is 0 Å². The fourth-order valence-corrected chi connectivity index (χ4v) is 3.13. The fraction of sp³-hybridized carbons (Fsp3) is 0.111. The highest BCUT2D eigenvalue weighted by Gasteiger charge is 2.12. The molecule has 3 aromatic rings. The summed E-state index contributed by atoms with van der Waals surface area (Å²) in [5, 5.41) is 14.9. The van der Waals surface area contributed by atoms with E-state index in [1.54, 1.807) is 24.3 Å². The topological polar surface area (TPSA) is 84.1 Å². The third kappa shape index (κ3) is 4.08. The van der Waals surface area contributed by atoms with Gasteiger partial charge in [-0.05, 0) is 43.3 Å². The molecule has 0 radical (unpaired) electrons. The van der Waals surface area contributed by atoms with E-state index >= 15 is 0 Å². The van der Waals surface area contributed by atoms with Gasteiger partial charge in [0.2, 0.25) is 0 Å². The van der Waals surface area contributed by atoms with E-state index in [4.69, 9.17) is 9.15 Å². The first-order valence-corrected chi connectivity index (χ1v) is 9.24.